The fraction of sp³-hybridized carbons (Fsp3) is 0.250. The van der Waals surface area contributed by atoms with Crippen molar-refractivity contribution in [2.45, 2.75) is 25.9 Å². The Morgan fingerprint density at radius 2 is 1.55 bits per heavy atom. The van der Waals surface area contributed by atoms with Crippen LogP contribution in [-0.2, 0) is 6.54 Å². The maximum absolute atomic E-state index is 14.0. The van der Waals surface area contributed by atoms with Crippen molar-refractivity contribution in [2.24, 2.45) is 0 Å². The summed E-state index contributed by atoms with van der Waals surface area (Å²) in [7, 11) is 0. The number of anilines is 2. The van der Waals surface area contributed by atoms with Crippen LogP contribution in [0.3, 0.4) is 0 Å². The molecule has 1 heterocycles. The van der Waals surface area contributed by atoms with E-state index < -0.39 is 52.7 Å². The van der Waals surface area contributed by atoms with E-state index in [4.69, 9.17) is 4.74 Å². The molecule has 33 heavy (non-hydrogen) atoms. The van der Waals surface area contributed by atoms with E-state index in [0.717, 1.165) is 0 Å². The first-order chi connectivity index (χ1) is 15.7. The number of benzene rings is 2. The van der Waals surface area contributed by atoms with E-state index in [-0.39, 0.29) is 25.0 Å². The van der Waals surface area contributed by atoms with Crippen LogP contribution in [0.5, 0.6) is 11.8 Å². The van der Waals surface area contributed by atoms with Gasteiger partial charge in [-0.25, -0.2) is 17.6 Å². The smallest absolute Gasteiger partial charge is 0.328 e. The third-order valence-electron chi connectivity index (χ3n) is 4.36. The zero-order valence-corrected chi connectivity index (χ0v) is 17.0. The summed E-state index contributed by atoms with van der Waals surface area (Å²) < 4.78 is 86.4. The highest BCUT2D eigenvalue weighted by Crippen LogP contribution is 2.32. The zero-order valence-electron chi connectivity index (χ0n) is 17.0. The van der Waals surface area contributed by atoms with Crippen LogP contribution in [0.25, 0.3) is 0 Å². The second-order valence-corrected chi connectivity index (χ2v) is 6.68. The number of rotatable bonds is 9. The Bertz CT molecular complexity index is 1120. The van der Waals surface area contributed by atoms with Crippen LogP contribution in [0.15, 0.2) is 24.3 Å². The van der Waals surface area contributed by atoms with Crippen molar-refractivity contribution in [1.82, 2.24) is 15.0 Å². The average Bonchev–Trinajstić information content (AvgIpc) is 2.81. The molecule has 3 aromatic rings. The largest absolute Gasteiger partial charge is 0.418 e. The lowest BCUT2D eigenvalue weighted by atomic mass is 10.2. The molecule has 0 aliphatic carbocycles. The number of nitrogens with one attached hydrogen (secondary N) is 2. The van der Waals surface area contributed by atoms with Crippen molar-refractivity contribution in [3.63, 3.8) is 0 Å². The summed E-state index contributed by atoms with van der Waals surface area (Å²) in [5.74, 6) is -13.7. The van der Waals surface area contributed by atoms with Crippen molar-refractivity contribution < 1.29 is 36.2 Å². The highest BCUT2D eigenvalue weighted by molar-refractivity contribution is 5.39. The highest BCUT2D eigenvalue weighted by Gasteiger charge is 2.28. The standard InChI is InChI=1S/C20H17F6N5O2/c1-2-11(8-32)28-19-29-18(27-7-9-4-3-5-10(21)6-9)30-20(31-19)33-17-15(25)13(23)12(22)14(24)16(17)26/h3-6,11,32H,2,7-8H2,1H3,(H2,27,28,29,30,31). The van der Waals surface area contributed by atoms with Gasteiger partial charge in [-0.1, -0.05) is 19.1 Å². The monoisotopic (exact) mass is 473 g/mol. The molecule has 0 saturated heterocycles. The predicted molar refractivity (Wildman–Crippen MR) is 105 cm³/mol. The lowest BCUT2D eigenvalue weighted by molar-refractivity contribution is 0.271. The average molecular weight is 473 g/mol. The second kappa shape index (κ2) is 10.3. The summed E-state index contributed by atoms with van der Waals surface area (Å²) in [5.41, 5.74) is 0.494. The van der Waals surface area contributed by atoms with Gasteiger partial charge in [0.2, 0.25) is 46.7 Å². The van der Waals surface area contributed by atoms with E-state index in [1.54, 1.807) is 13.0 Å². The SMILES string of the molecule is CCC(CO)Nc1nc(NCc2cccc(F)c2)nc(Oc2c(F)c(F)c(F)c(F)c2F)n1. The van der Waals surface area contributed by atoms with Gasteiger partial charge in [0.25, 0.3) is 0 Å². The van der Waals surface area contributed by atoms with Gasteiger partial charge >= 0.3 is 6.01 Å². The quantitative estimate of drug-likeness (QED) is 0.243. The van der Waals surface area contributed by atoms with E-state index >= 15 is 0 Å². The van der Waals surface area contributed by atoms with E-state index in [1.807, 2.05) is 0 Å². The molecule has 0 saturated carbocycles. The Morgan fingerprint density at radius 1 is 0.909 bits per heavy atom. The van der Waals surface area contributed by atoms with Crippen LogP contribution in [0, 0.1) is 34.9 Å². The number of nitrogens with zero attached hydrogens (tertiary/aromatic N) is 3. The van der Waals surface area contributed by atoms with Gasteiger partial charge in [-0.05, 0) is 24.1 Å². The lowest BCUT2D eigenvalue weighted by Crippen LogP contribution is -2.24. The Labute approximate surface area is 183 Å². The molecular weight excluding hydrogens is 456 g/mol. The van der Waals surface area contributed by atoms with Crippen molar-refractivity contribution >= 4 is 11.9 Å². The Balaban J connectivity index is 1.95. The molecule has 2 aromatic carbocycles. The summed E-state index contributed by atoms with van der Waals surface area (Å²) in [6.45, 7) is 1.44. The third-order valence-corrected chi connectivity index (χ3v) is 4.36. The Morgan fingerprint density at radius 3 is 2.15 bits per heavy atom. The van der Waals surface area contributed by atoms with E-state index in [1.165, 1.54) is 18.2 Å². The van der Waals surface area contributed by atoms with Gasteiger partial charge in [0.1, 0.15) is 5.82 Å². The van der Waals surface area contributed by atoms with E-state index in [0.29, 0.717) is 12.0 Å². The number of aromatic nitrogens is 3. The van der Waals surface area contributed by atoms with Crippen LogP contribution >= 0.6 is 0 Å². The third kappa shape index (κ3) is 5.61. The molecular formula is C20H17F6N5O2. The molecule has 1 aromatic heterocycles. The first-order valence-corrected chi connectivity index (χ1v) is 9.54. The van der Waals surface area contributed by atoms with Gasteiger partial charge in [-0.2, -0.15) is 23.7 Å². The number of aliphatic hydroxyl groups is 1. The lowest BCUT2D eigenvalue weighted by Gasteiger charge is -2.16. The Kier molecular flexibility index (Phi) is 7.53. The first kappa shape index (κ1) is 24.0. The minimum absolute atomic E-state index is 0.0143. The molecule has 3 rings (SSSR count). The van der Waals surface area contributed by atoms with Crippen LogP contribution < -0.4 is 15.4 Å². The number of hydrogen-bond acceptors (Lipinski definition) is 7. The normalized spacial score (nSPS) is 11.9. The summed E-state index contributed by atoms with van der Waals surface area (Å²) in [6, 6.07) is 4.22. The predicted octanol–water partition coefficient (Wildman–Crippen LogP) is 4.29. The Hall–Kier alpha value is -3.61. The molecule has 0 amide bonds. The zero-order chi connectivity index (χ0) is 24.1. The maximum atomic E-state index is 14.0. The molecule has 1 unspecified atom stereocenters. The molecule has 0 aliphatic rings. The molecule has 176 valence electrons. The molecule has 0 spiro atoms. The van der Waals surface area contributed by atoms with E-state index in [2.05, 4.69) is 25.6 Å². The molecule has 3 N–H and O–H groups in total. The highest BCUT2D eigenvalue weighted by atomic mass is 19.2. The maximum Gasteiger partial charge on any atom is 0.328 e. The van der Waals surface area contributed by atoms with Gasteiger partial charge in [0, 0.05) is 6.54 Å². The molecule has 0 radical (unpaired) electrons. The number of halogens is 6. The van der Waals surface area contributed by atoms with Crippen LogP contribution in [-0.4, -0.2) is 32.7 Å². The minimum atomic E-state index is -2.35. The molecule has 0 bridgehead atoms. The fourth-order valence-electron chi connectivity index (χ4n) is 2.60. The minimum Gasteiger partial charge on any atom is -0.418 e. The summed E-state index contributed by atoms with van der Waals surface area (Å²) >= 11 is 0. The first-order valence-electron chi connectivity index (χ1n) is 9.54. The van der Waals surface area contributed by atoms with Crippen molar-refractivity contribution in [2.75, 3.05) is 17.2 Å². The molecule has 0 aliphatic heterocycles. The van der Waals surface area contributed by atoms with Crippen molar-refractivity contribution in [3.05, 3.63) is 64.7 Å². The molecule has 1 atom stereocenters. The molecule has 7 nitrogen and oxygen atoms in total. The molecule has 13 heteroatoms. The summed E-state index contributed by atoms with van der Waals surface area (Å²) in [5, 5.41) is 14.8. The number of aliphatic hydroxyl groups excluding tert-OH is 1. The van der Waals surface area contributed by atoms with Crippen LogP contribution in [0.2, 0.25) is 0 Å². The number of hydrogen-bond donors (Lipinski definition) is 3. The van der Waals surface area contributed by atoms with Gasteiger partial charge in [-0.15, -0.1) is 0 Å². The fourth-order valence-corrected chi connectivity index (χ4v) is 2.60. The van der Waals surface area contributed by atoms with Crippen LogP contribution in [0.4, 0.5) is 38.2 Å². The molecule has 0 fully saturated rings. The van der Waals surface area contributed by atoms with Gasteiger partial charge < -0.3 is 20.5 Å². The summed E-state index contributed by atoms with van der Waals surface area (Å²) in [6.07, 6.45) is 0.433. The number of ether oxygens (including phenoxy) is 1. The van der Waals surface area contributed by atoms with Crippen molar-refractivity contribution in [1.29, 1.82) is 0 Å². The van der Waals surface area contributed by atoms with Gasteiger partial charge in [0.05, 0.1) is 12.6 Å². The van der Waals surface area contributed by atoms with Gasteiger partial charge in [0.15, 0.2) is 0 Å². The van der Waals surface area contributed by atoms with Gasteiger partial charge in [-0.3, -0.25) is 0 Å². The second-order valence-electron chi connectivity index (χ2n) is 6.68. The van der Waals surface area contributed by atoms with Crippen molar-refractivity contribution in [3.8, 4) is 11.8 Å². The van der Waals surface area contributed by atoms with Crippen LogP contribution in [0.1, 0.15) is 18.9 Å². The summed E-state index contributed by atoms with van der Waals surface area (Å²) in [4.78, 5) is 11.5. The van der Waals surface area contributed by atoms with E-state index in [9.17, 15) is 31.4 Å². The topological polar surface area (TPSA) is 92.2 Å².